The van der Waals surface area contributed by atoms with E-state index in [0.29, 0.717) is 23.9 Å². The Morgan fingerprint density at radius 2 is 1.88 bits per heavy atom. The molecule has 1 aliphatic carbocycles. The van der Waals surface area contributed by atoms with Crippen LogP contribution in [0.2, 0.25) is 0 Å². The zero-order valence-corrected chi connectivity index (χ0v) is 26.0. The summed E-state index contributed by atoms with van der Waals surface area (Å²) in [4.78, 5) is 22.3. The second-order valence-electron chi connectivity index (χ2n) is 12.2. The van der Waals surface area contributed by atoms with Gasteiger partial charge in [-0.3, -0.25) is 4.79 Å². The third-order valence-corrected chi connectivity index (χ3v) is 10.6. The van der Waals surface area contributed by atoms with Crippen molar-refractivity contribution in [2.45, 2.75) is 77.8 Å². The second-order valence-corrected chi connectivity index (χ2v) is 14.3. The van der Waals surface area contributed by atoms with Gasteiger partial charge >= 0.3 is 0 Å². The van der Waals surface area contributed by atoms with Gasteiger partial charge in [0.15, 0.2) is 0 Å². The molecule has 8 nitrogen and oxygen atoms in total. The Morgan fingerprint density at radius 1 is 1.12 bits per heavy atom. The Balaban J connectivity index is 1.34. The summed E-state index contributed by atoms with van der Waals surface area (Å²) in [6.45, 7) is 11.1. The third kappa shape index (κ3) is 6.71. The summed E-state index contributed by atoms with van der Waals surface area (Å²) >= 11 is 0. The second kappa shape index (κ2) is 12.8. The van der Waals surface area contributed by atoms with Crippen molar-refractivity contribution in [3.05, 3.63) is 59.9 Å². The number of carbonyl (C=O) groups is 1. The molecule has 0 spiro atoms. The van der Waals surface area contributed by atoms with Gasteiger partial charge in [0.2, 0.25) is 10.0 Å². The normalized spacial score (nSPS) is 21.8. The number of imidazole rings is 1. The Labute approximate surface area is 249 Å². The lowest BCUT2D eigenvalue weighted by Crippen LogP contribution is -2.40. The predicted molar refractivity (Wildman–Crippen MR) is 165 cm³/mol. The molecule has 1 atom stereocenters. The van der Waals surface area contributed by atoms with Gasteiger partial charge in [0, 0.05) is 43.5 Å². The van der Waals surface area contributed by atoms with E-state index in [4.69, 9.17) is 0 Å². The molecule has 1 N–H and O–H groups in total. The van der Waals surface area contributed by atoms with Crippen molar-refractivity contribution in [2.24, 2.45) is 5.92 Å². The molecule has 10 heteroatoms. The van der Waals surface area contributed by atoms with E-state index in [1.54, 1.807) is 30.4 Å². The molecular formula is C32H44FN5O3S. The first-order valence-corrected chi connectivity index (χ1v) is 17.0. The Bertz CT molecular complexity index is 1510. The molecular weight excluding hydrogens is 553 g/mol. The van der Waals surface area contributed by atoms with Gasteiger partial charge in [-0.1, -0.05) is 6.07 Å². The fourth-order valence-electron chi connectivity index (χ4n) is 6.76. The number of carbonyl (C=O) groups excluding carboxylic acids is 1. The smallest absolute Gasteiger partial charge is 0.254 e. The van der Waals surface area contributed by atoms with Crippen LogP contribution >= 0.6 is 0 Å². The van der Waals surface area contributed by atoms with Gasteiger partial charge in [0.1, 0.15) is 5.82 Å². The van der Waals surface area contributed by atoms with E-state index in [2.05, 4.69) is 26.9 Å². The van der Waals surface area contributed by atoms with E-state index in [0.717, 1.165) is 68.4 Å². The van der Waals surface area contributed by atoms with E-state index in [1.165, 1.54) is 17.7 Å². The fraction of sp³-hybridized carbons (Fsp3) is 0.562. The van der Waals surface area contributed by atoms with Crippen LogP contribution in [0.4, 0.5) is 4.39 Å². The van der Waals surface area contributed by atoms with Gasteiger partial charge in [0.25, 0.3) is 5.91 Å². The van der Waals surface area contributed by atoms with Gasteiger partial charge in [-0.25, -0.2) is 22.5 Å². The number of benzene rings is 1. The fourth-order valence-corrected chi connectivity index (χ4v) is 7.67. The number of amides is 1. The van der Waals surface area contributed by atoms with Crippen LogP contribution in [0.25, 0.3) is 16.6 Å². The summed E-state index contributed by atoms with van der Waals surface area (Å²) in [7, 11) is -3.16. The van der Waals surface area contributed by atoms with E-state index >= 15 is 0 Å². The number of rotatable bonds is 10. The van der Waals surface area contributed by atoms with Crippen molar-refractivity contribution in [2.75, 3.05) is 31.9 Å². The molecule has 2 aromatic heterocycles. The molecule has 0 bridgehead atoms. The maximum atomic E-state index is 14.5. The van der Waals surface area contributed by atoms with Crippen LogP contribution in [-0.2, 0) is 10.0 Å². The topological polar surface area (TPSA) is 87.0 Å². The largest absolute Gasteiger partial charge is 0.336 e. The molecule has 228 valence electrons. The average Bonchev–Trinajstić information content (AvgIpc) is 3.63. The summed E-state index contributed by atoms with van der Waals surface area (Å²) < 4.78 is 43.3. The third-order valence-electron chi connectivity index (χ3n) is 9.10. The molecule has 1 aromatic carbocycles. The quantitative estimate of drug-likeness (QED) is 0.343. The lowest BCUT2D eigenvalue weighted by molar-refractivity contribution is 0.0717. The van der Waals surface area contributed by atoms with Crippen LogP contribution in [0.15, 0.2) is 43.0 Å². The van der Waals surface area contributed by atoms with Crippen LogP contribution < -0.4 is 4.72 Å². The highest BCUT2D eigenvalue weighted by Crippen LogP contribution is 2.36. The van der Waals surface area contributed by atoms with E-state index in [1.807, 2.05) is 25.2 Å². The van der Waals surface area contributed by atoms with Crippen molar-refractivity contribution >= 4 is 21.4 Å². The van der Waals surface area contributed by atoms with Gasteiger partial charge in [-0.2, -0.15) is 0 Å². The minimum absolute atomic E-state index is 0.0000939. The first kappa shape index (κ1) is 30.6. The highest BCUT2D eigenvalue weighted by Gasteiger charge is 2.30. The number of nitrogens with one attached hydrogen (secondary N) is 1. The molecule has 3 heterocycles. The number of pyridine rings is 1. The summed E-state index contributed by atoms with van der Waals surface area (Å²) in [6.07, 6.45) is 10.6. The van der Waals surface area contributed by atoms with Crippen LogP contribution in [-0.4, -0.2) is 77.5 Å². The summed E-state index contributed by atoms with van der Waals surface area (Å²) in [6, 6.07) is 6.75. The maximum Gasteiger partial charge on any atom is 0.254 e. The molecule has 1 saturated heterocycles. The molecule has 2 fully saturated rings. The number of hydrogen-bond acceptors (Lipinski definition) is 5. The number of sulfonamides is 1. The molecule has 0 radical (unpaired) electrons. The number of nitrogens with zero attached hydrogens (tertiary/aromatic N) is 4. The Kier molecular flexibility index (Phi) is 9.34. The van der Waals surface area contributed by atoms with E-state index < -0.39 is 15.8 Å². The highest BCUT2D eigenvalue weighted by atomic mass is 32.2. The number of fused-ring (bicyclic) bond motifs is 1. The molecule has 1 amide bonds. The van der Waals surface area contributed by atoms with Crippen LogP contribution in [0.3, 0.4) is 0 Å². The summed E-state index contributed by atoms with van der Waals surface area (Å²) in [5.74, 6) is 0.446. The molecule has 5 rings (SSSR count). The zero-order valence-electron chi connectivity index (χ0n) is 25.2. The lowest BCUT2D eigenvalue weighted by atomic mass is 9.86. The SMILES string of the molecule is CCN(C(=O)c1cc(F)ccc1-c1cc([C@H]2CCN(CC3CCC(NS(=O)(=O)CC)CC3)C2)cn2cncc12)C(C)C. The standard InChI is InChI=1S/C32H44FN5O3S/c1-5-38(22(3)4)32(39)30-16-26(33)9-12-28(30)29-15-25(20-37-21-34-17-31(29)37)24-13-14-36(19-24)18-23-7-10-27(11-8-23)35-42(40,41)6-2/h9,12,15-17,20-24,27,35H,5-8,10-11,13-14,18-19H2,1-4H3/t23?,24-,27?/m0/s1. The predicted octanol–water partition coefficient (Wildman–Crippen LogP) is 5.30. The van der Waals surface area contributed by atoms with Crippen molar-refractivity contribution < 1.29 is 17.6 Å². The maximum absolute atomic E-state index is 14.5. The first-order valence-electron chi connectivity index (χ1n) is 15.4. The van der Waals surface area contributed by atoms with Gasteiger partial charge in [0.05, 0.1) is 29.4 Å². The summed E-state index contributed by atoms with van der Waals surface area (Å²) in [5.41, 5.74) is 4.06. The molecule has 1 aliphatic heterocycles. The number of aromatic nitrogens is 2. The average molecular weight is 598 g/mol. The highest BCUT2D eigenvalue weighted by molar-refractivity contribution is 7.89. The van der Waals surface area contributed by atoms with Crippen LogP contribution in [0.1, 0.15) is 81.6 Å². The van der Waals surface area contributed by atoms with Gasteiger partial charge < -0.3 is 14.2 Å². The lowest BCUT2D eigenvalue weighted by Gasteiger charge is -2.31. The molecule has 2 aliphatic rings. The molecule has 3 aromatic rings. The first-order chi connectivity index (χ1) is 20.1. The van der Waals surface area contributed by atoms with Crippen molar-refractivity contribution in [1.29, 1.82) is 0 Å². The molecule has 1 saturated carbocycles. The van der Waals surface area contributed by atoms with Gasteiger partial charge in [-0.15, -0.1) is 0 Å². The Hall–Kier alpha value is -2.82. The van der Waals surface area contributed by atoms with Gasteiger partial charge in [-0.05, 0) is 108 Å². The van der Waals surface area contributed by atoms with Crippen LogP contribution in [0, 0.1) is 11.7 Å². The minimum Gasteiger partial charge on any atom is -0.336 e. The number of hydrogen-bond donors (Lipinski definition) is 1. The number of halogens is 1. The minimum atomic E-state index is -3.16. The monoisotopic (exact) mass is 597 g/mol. The zero-order chi connectivity index (χ0) is 30.0. The summed E-state index contributed by atoms with van der Waals surface area (Å²) in [5, 5.41) is 0. The van der Waals surface area contributed by atoms with Crippen molar-refractivity contribution in [3.63, 3.8) is 0 Å². The van der Waals surface area contributed by atoms with Crippen LogP contribution in [0.5, 0.6) is 0 Å². The molecule has 42 heavy (non-hydrogen) atoms. The Morgan fingerprint density at radius 3 is 2.57 bits per heavy atom. The number of likely N-dealkylation sites (tertiary alicyclic amines) is 1. The molecule has 0 unspecified atom stereocenters. The van der Waals surface area contributed by atoms with Crippen molar-refractivity contribution in [1.82, 2.24) is 23.9 Å². The van der Waals surface area contributed by atoms with Crippen molar-refractivity contribution in [3.8, 4) is 11.1 Å². The van der Waals surface area contributed by atoms with E-state index in [9.17, 15) is 17.6 Å². The van der Waals surface area contributed by atoms with E-state index in [-0.39, 0.29) is 23.7 Å².